The number of halogens is 1. The monoisotopic (exact) mass is 381 g/mol. The highest BCUT2D eigenvalue weighted by Gasteiger charge is 2.28. The molecule has 3 atom stereocenters. The molecule has 1 aliphatic carbocycles. The van der Waals surface area contributed by atoms with E-state index in [0.717, 1.165) is 17.4 Å². The molecule has 3 rings (SSSR count). The van der Waals surface area contributed by atoms with Crippen LogP contribution in [0, 0.1) is 11.8 Å². The highest BCUT2D eigenvalue weighted by molar-refractivity contribution is 6.29. The lowest BCUT2D eigenvalue weighted by molar-refractivity contribution is -0.123. The molecule has 0 unspecified atom stereocenters. The Bertz CT molecular complexity index is 973. The summed E-state index contributed by atoms with van der Waals surface area (Å²) in [4.78, 5) is 41.2. The van der Waals surface area contributed by atoms with Crippen molar-refractivity contribution < 1.29 is 4.79 Å². The SMILES string of the molecule is C[C@H]1[C@H](C)CCC[C@H]1NC(=O)Cn1c(Cl)nc2c1c(=O)n(C)c(=O)n2C. The van der Waals surface area contributed by atoms with E-state index in [2.05, 4.69) is 24.1 Å². The molecular formula is C17H24ClN5O3. The van der Waals surface area contributed by atoms with E-state index in [1.54, 1.807) is 0 Å². The molecule has 0 bridgehead atoms. The van der Waals surface area contributed by atoms with Crippen LogP contribution in [-0.4, -0.2) is 30.6 Å². The molecule has 0 spiro atoms. The Morgan fingerprint density at radius 3 is 2.62 bits per heavy atom. The zero-order chi connectivity index (χ0) is 19.2. The molecule has 9 heteroatoms. The predicted molar refractivity (Wildman–Crippen MR) is 99.3 cm³/mol. The largest absolute Gasteiger partial charge is 0.352 e. The number of rotatable bonds is 3. The molecule has 142 valence electrons. The zero-order valence-corrected chi connectivity index (χ0v) is 16.2. The van der Waals surface area contributed by atoms with Gasteiger partial charge in [-0.25, -0.2) is 4.79 Å². The van der Waals surface area contributed by atoms with Crippen LogP contribution in [0.5, 0.6) is 0 Å². The molecule has 0 radical (unpaired) electrons. The summed E-state index contributed by atoms with van der Waals surface area (Å²) in [7, 11) is 2.91. The van der Waals surface area contributed by atoms with Gasteiger partial charge in [-0.3, -0.25) is 23.3 Å². The third-order valence-electron chi connectivity index (χ3n) is 5.66. The number of nitrogens with zero attached hydrogens (tertiary/aromatic N) is 4. The smallest absolute Gasteiger partial charge is 0.332 e. The summed E-state index contributed by atoms with van der Waals surface area (Å²) in [6, 6.07) is 0.118. The number of amides is 1. The van der Waals surface area contributed by atoms with Crippen LogP contribution in [0.1, 0.15) is 33.1 Å². The number of fused-ring (bicyclic) bond motifs is 1. The van der Waals surface area contributed by atoms with Crippen LogP contribution < -0.4 is 16.6 Å². The summed E-state index contributed by atoms with van der Waals surface area (Å²) < 4.78 is 3.60. The average molecular weight is 382 g/mol. The first-order valence-electron chi connectivity index (χ1n) is 8.83. The van der Waals surface area contributed by atoms with Crippen LogP contribution in [-0.2, 0) is 25.4 Å². The first-order valence-corrected chi connectivity index (χ1v) is 9.21. The fraction of sp³-hybridized carbons (Fsp3) is 0.647. The van der Waals surface area contributed by atoms with E-state index < -0.39 is 11.2 Å². The molecule has 1 aliphatic rings. The van der Waals surface area contributed by atoms with Crippen molar-refractivity contribution in [1.82, 2.24) is 24.0 Å². The van der Waals surface area contributed by atoms with Gasteiger partial charge in [-0.15, -0.1) is 0 Å². The predicted octanol–water partition coefficient (Wildman–Crippen LogP) is 1.03. The third-order valence-corrected chi connectivity index (χ3v) is 5.94. The van der Waals surface area contributed by atoms with Gasteiger partial charge in [-0.1, -0.05) is 26.7 Å². The van der Waals surface area contributed by atoms with Crippen molar-refractivity contribution in [3.8, 4) is 0 Å². The minimum Gasteiger partial charge on any atom is -0.352 e. The van der Waals surface area contributed by atoms with Gasteiger partial charge < -0.3 is 5.32 Å². The third kappa shape index (κ3) is 3.06. The molecule has 2 aromatic heterocycles. The normalized spacial score (nSPS) is 23.3. The lowest BCUT2D eigenvalue weighted by Gasteiger charge is -2.34. The average Bonchev–Trinajstić information content (AvgIpc) is 2.92. The van der Waals surface area contributed by atoms with E-state index in [9.17, 15) is 14.4 Å². The van der Waals surface area contributed by atoms with Gasteiger partial charge in [0.05, 0.1) is 0 Å². The number of hydrogen-bond donors (Lipinski definition) is 1. The minimum absolute atomic E-state index is 0.0125. The molecule has 0 saturated heterocycles. The van der Waals surface area contributed by atoms with Gasteiger partial charge in [-0.2, -0.15) is 4.98 Å². The van der Waals surface area contributed by atoms with Crippen molar-refractivity contribution in [2.24, 2.45) is 25.9 Å². The van der Waals surface area contributed by atoms with E-state index >= 15 is 0 Å². The molecule has 2 heterocycles. The Labute approximate surface area is 155 Å². The molecule has 1 N–H and O–H groups in total. The number of nitrogens with one attached hydrogen (secondary N) is 1. The van der Waals surface area contributed by atoms with Crippen LogP contribution in [0.15, 0.2) is 9.59 Å². The van der Waals surface area contributed by atoms with Crippen molar-refractivity contribution in [2.75, 3.05) is 0 Å². The first-order chi connectivity index (χ1) is 12.2. The summed E-state index contributed by atoms with van der Waals surface area (Å²) >= 11 is 6.16. The Hall–Kier alpha value is -2.09. The summed E-state index contributed by atoms with van der Waals surface area (Å²) in [5, 5.41) is 3.08. The van der Waals surface area contributed by atoms with Crippen LogP contribution in [0.3, 0.4) is 0 Å². The Balaban J connectivity index is 1.92. The standard InChI is InChI=1S/C17H24ClN5O3/c1-9-6-5-7-11(10(9)2)19-12(24)8-23-13-14(20-16(23)18)21(3)17(26)22(4)15(13)25/h9-11H,5-8H2,1-4H3,(H,19,24)/t9-,10+,11-/m1/s1. The number of aromatic nitrogens is 4. The van der Waals surface area contributed by atoms with Crippen molar-refractivity contribution in [2.45, 2.75) is 45.7 Å². The van der Waals surface area contributed by atoms with Crippen molar-refractivity contribution in [3.63, 3.8) is 0 Å². The summed E-state index contributed by atoms with van der Waals surface area (Å²) in [5.41, 5.74) is -0.677. The minimum atomic E-state index is -0.519. The van der Waals surface area contributed by atoms with Gasteiger partial charge in [0.2, 0.25) is 11.2 Å². The number of aryl methyl sites for hydroxylation is 1. The Kier molecular flexibility index (Phi) is 4.96. The second kappa shape index (κ2) is 6.90. The molecule has 0 aromatic carbocycles. The lowest BCUT2D eigenvalue weighted by atomic mass is 9.78. The molecule has 8 nitrogen and oxygen atoms in total. The molecule has 26 heavy (non-hydrogen) atoms. The number of carbonyl (C=O) groups is 1. The summed E-state index contributed by atoms with van der Waals surface area (Å²) in [6.45, 7) is 4.24. The first kappa shape index (κ1) is 18.7. The quantitative estimate of drug-likeness (QED) is 0.804. The highest BCUT2D eigenvalue weighted by Crippen LogP contribution is 2.29. The van der Waals surface area contributed by atoms with Gasteiger partial charge in [0.15, 0.2) is 11.2 Å². The van der Waals surface area contributed by atoms with E-state index in [4.69, 9.17) is 11.6 Å². The lowest BCUT2D eigenvalue weighted by Crippen LogP contribution is -2.45. The summed E-state index contributed by atoms with van der Waals surface area (Å²) in [5.74, 6) is 0.748. The molecule has 0 aliphatic heterocycles. The zero-order valence-electron chi connectivity index (χ0n) is 15.5. The van der Waals surface area contributed by atoms with Gasteiger partial charge in [0.1, 0.15) is 6.54 Å². The van der Waals surface area contributed by atoms with Crippen molar-refractivity contribution >= 4 is 28.7 Å². The Morgan fingerprint density at radius 1 is 1.23 bits per heavy atom. The van der Waals surface area contributed by atoms with E-state index in [0.29, 0.717) is 11.8 Å². The van der Waals surface area contributed by atoms with Crippen molar-refractivity contribution in [1.29, 1.82) is 0 Å². The Morgan fingerprint density at radius 2 is 1.92 bits per heavy atom. The maximum absolute atomic E-state index is 12.6. The van der Waals surface area contributed by atoms with Crippen molar-refractivity contribution in [3.05, 3.63) is 26.1 Å². The van der Waals surface area contributed by atoms with Crippen LogP contribution in [0.2, 0.25) is 5.28 Å². The second-order valence-electron chi connectivity index (χ2n) is 7.29. The molecule has 1 amide bonds. The van der Waals surface area contributed by atoms with Gasteiger partial charge >= 0.3 is 5.69 Å². The highest BCUT2D eigenvalue weighted by atomic mass is 35.5. The molecular weight excluding hydrogens is 358 g/mol. The topological polar surface area (TPSA) is 90.9 Å². The van der Waals surface area contributed by atoms with E-state index in [1.807, 2.05) is 0 Å². The maximum atomic E-state index is 12.6. The second-order valence-corrected chi connectivity index (χ2v) is 7.62. The fourth-order valence-electron chi connectivity index (χ4n) is 3.75. The maximum Gasteiger partial charge on any atom is 0.332 e. The van der Waals surface area contributed by atoms with Crippen LogP contribution >= 0.6 is 11.6 Å². The van der Waals surface area contributed by atoms with E-state index in [-0.39, 0.29) is 34.9 Å². The molecule has 1 saturated carbocycles. The molecule has 2 aromatic rings. The number of carbonyl (C=O) groups excluding carboxylic acids is 1. The summed E-state index contributed by atoms with van der Waals surface area (Å²) in [6.07, 6.45) is 3.22. The molecule has 1 fully saturated rings. The van der Waals surface area contributed by atoms with Crippen LogP contribution in [0.4, 0.5) is 0 Å². The van der Waals surface area contributed by atoms with Gasteiger partial charge in [0, 0.05) is 20.1 Å². The number of hydrogen-bond acceptors (Lipinski definition) is 4. The van der Waals surface area contributed by atoms with E-state index in [1.165, 1.54) is 29.7 Å². The van der Waals surface area contributed by atoms with Gasteiger partial charge in [-0.05, 0) is 29.9 Å². The fourth-order valence-corrected chi connectivity index (χ4v) is 3.97. The van der Waals surface area contributed by atoms with Crippen LogP contribution in [0.25, 0.3) is 11.2 Å². The number of imidazole rings is 1. The van der Waals surface area contributed by atoms with Gasteiger partial charge in [0.25, 0.3) is 5.56 Å².